The van der Waals surface area contributed by atoms with E-state index >= 15 is 0 Å². The molecule has 3 rings (SSSR count). The summed E-state index contributed by atoms with van der Waals surface area (Å²) in [6.07, 6.45) is 2.56. The number of hydrogen-bond acceptors (Lipinski definition) is 5. The number of carbonyl (C=O) groups excluding carboxylic acids is 2. The predicted octanol–water partition coefficient (Wildman–Crippen LogP) is 2.93. The third kappa shape index (κ3) is 5.45. The molecule has 2 aromatic rings. The lowest BCUT2D eigenvalue weighted by molar-refractivity contribution is -0.116. The van der Waals surface area contributed by atoms with E-state index in [4.69, 9.17) is 4.74 Å². The molecular formula is C21H26N4O3. The Bertz CT molecular complexity index is 772. The van der Waals surface area contributed by atoms with Crippen molar-refractivity contribution in [2.75, 3.05) is 43.0 Å². The van der Waals surface area contributed by atoms with E-state index in [1.165, 1.54) is 0 Å². The number of amides is 2. The number of carbonyl (C=O) groups is 2. The van der Waals surface area contributed by atoms with Crippen molar-refractivity contribution in [2.24, 2.45) is 0 Å². The molecule has 1 aliphatic heterocycles. The van der Waals surface area contributed by atoms with E-state index in [0.29, 0.717) is 51.3 Å². The van der Waals surface area contributed by atoms with Crippen molar-refractivity contribution in [3.63, 3.8) is 0 Å². The average molecular weight is 382 g/mol. The van der Waals surface area contributed by atoms with Gasteiger partial charge in [-0.1, -0.05) is 30.3 Å². The Morgan fingerprint density at radius 3 is 2.46 bits per heavy atom. The zero-order valence-electron chi connectivity index (χ0n) is 16.1. The zero-order valence-corrected chi connectivity index (χ0v) is 16.1. The molecule has 2 heterocycles. The highest BCUT2D eigenvalue weighted by molar-refractivity contribution is 5.90. The number of nitrogens with one attached hydrogen (secondary N) is 1. The summed E-state index contributed by atoms with van der Waals surface area (Å²) in [5.74, 6) is 0.812. The van der Waals surface area contributed by atoms with E-state index in [9.17, 15) is 9.59 Å². The van der Waals surface area contributed by atoms with E-state index in [-0.39, 0.29) is 12.0 Å². The minimum absolute atomic E-state index is 0.0264. The van der Waals surface area contributed by atoms with Crippen LogP contribution < -0.4 is 10.2 Å². The van der Waals surface area contributed by atoms with Crippen molar-refractivity contribution in [2.45, 2.75) is 19.8 Å². The number of rotatable bonds is 6. The lowest BCUT2D eigenvalue weighted by Crippen LogP contribution is -2.49. The molecule has 0 unspecified atom stereocenters. The van der Waals surface area contributed by atoms with Gasteiger partial charge in [0.25, 0.3) is 0 Å². The second-order valence-corrected chi connectivity index (χ2v) is 6.61. The van der Waals surface area contributed by atoms with Gasteiger partial charge in [0.05, 0.1) is 18.5 Å². The van der Waals surface area contributed by atoms with Crippen LogP contribution in [0.2, 0.25) is 0 Å². The van der Waals surface area contributed by atoms with Gasteiger partial charge < -0.3 is 19.9 Å². The lowest BCUT2D eigenvalue weighted by atomic mass is 10.1. The van der Waals surface area contributed by atoms with Crippen LogP contribution in [0.25, 0.3) is 0 Å². The van der Waals surface area contributed by atoms with Gasteiger partial charge in [-0.25, -0.2) is 9.78 Å². The van der Waals surface area contributed by atoms with Crippen LogP contribution in [-0.2, 0) is 16.0 Å². The van der Waals surface area contributed by atoms with E-state index in [0.717, 1.165) is 11.4 Å². The maximum absolute atomic E-state index is 12.1. The zero-order chi connectivity index (χ0) is 19.8. The molecule has 1 fully saturated rings. The van der Waals surface area contributed by atoms with Crippen LogP contribution in [0.15, 0.2) is 48.7 Å². The van der Waals surface area contributed by atoms with Crippen molar-refractivity contribution >= 4 is 23.5 Å². The van der Waals surface area contributed by atoms with Crippen molar-refractivity contribution < 1.29 is 14.3 Å². The van der Waals surface area contributed by atoms with Crippen LogP contribution in [0.1, 0.15) is 18.9 Å². The van der Waals surface area contributed by atoms with E-state index in [1.807, 2.05) is 42.5 Å². The molecule has 7 heteroatoms. The third-order valence-electron chi connectivity index (χ3n) is 4.64. The SMILES string of the molecule is CCOC(=O)N1CCN(c2ccc(NC(=O)CCc3ccccc3)cn2)CC1. The van der Waals surface area contributed by atoms with Crippen molar-refractivity contribution in [3.8, 4) is 0 Å². The molecular weight excluding hydrogens is 356 g/mol. The Hall–Kier alpha value is -3.09. The number of anilines is 2. The van der Waals surface area contributed by atoms with Gasteiger partial charge in [-0.2, -0.15) is 0 Å². The van der Waals surface area contributed by atoms with Crippen LogP contribution in [0, 0.1) is 0 Å². The number of aromatic nitrogens is 1. The molecule has 0 bridgehead atoms. The van der Waals surface area contributed by atoms with Crippen LogP contribution in [0.4, 0.5) is 16.3 Å². The molecule has 148 valence electrons. The summed E-state index contributed by atoms with van der Waals surface area (Å²) in [6, 6.07) is 13.7. The molecule has 0 aliphatic carbocycles. The average Bonchev–Trinajstić information content (AvgIpc) is 2.74. The number of hydrogen-bond donors (Lipinski definition) is 1. The second-order valence-electron chi connectivity index (χ2n) is 6.61. The number of nitrogens with zero attached hydrogens (tertiary/aromatic N) is 3. The topological polar surface area (TPSA) is 74.8 Å². The van der Waals surface area contributed by atoms with E-state index < -0.39 is 0 Å². The summed E-state index contributed by atoms with van der Waals surface area (Å²) >= 11 is 0. The Balaban J connectivity index is 1.46. The molecule has 1 aromatic carbocycles. The summed E-state index contributed by atoms with van der Waals surface area (Å²) in [5, 5.41) is 2.89. The van der Waals surface area contributed by atoms with Gasteiger partial charge in [0.1, 0.15) is 5.82 Å². The minimum Gasteiger partial charge on any atom is -0.450 e. The van der Waals surface area contributed by atoms with Crippen molar-refractivity contribution in [1.29, 1.82) is 0 Å². The maximum atomic E-state index is 12.1. The summed E-state index contributed by atoms with van der Waals surface area (Å²) in [5.41, 5.74) is 1.83. The van der Waals surface area contributed by atoms with Crippen LogP contribution >= 0.6 is 0 Å². The van der Waals surface area contributed by atoms with Gasteiger partial charge in [-0.3, -0.25) is 4.79 Å². The Morgan fingerprint density at radius 2 is 1.82 bits per heavy atom. The monoisotopic (exact) mass is 382 g/mol. The summed E-state index contributed by atoms with van der Waals surface area (Å²) < 4.78 is 5.04. The van der Waals surface area contributed by atoms with Gasteiger partial charge >= 0.3 is 6.09 Å². The Labute approximate surface area is 165 Å². The van der Waals surface area contributed by atoms with Gasteiger partial charge in [0.15, 0.2) is 0 Å². The third-order valence-corrected chi connectivity index (χ3v) is 4.64. The van der Waals surface area contributed by atoms with Gasteiger partial charge in [0, 0.05) is 32.6 Å². The molecule has 0 radical (unpaired) electrons. The molecule has 1 N–H and O–H groups in total. The maximum Gasteiger partial charge on any atom is 0.409 e. The molecule has 1 saturated heterocycles. The molecule has 2 amide bonds. The number of pyridine rings is 1. The number of ether oxygens (including phenoxy) is 1. The largest absolute Gasteiger partial charge is 0.450 e. The number of piperazine rings is 1. The first-order valence-corrected chi connectivity index (χ1v) is 9.62. The highest BCUT2D eigenvalue weighted by atomic mass is 16.6. The molecule has 0 atom stereocenters. The molecule has 7 nitrogen and oxygen atoms in total. The van der Waals surface area contributed by atoms with E-state index in [2.05, 4.69) is 15.2 Å². The Kier molecular flexibility index (Phi) is 6.84. The standard InChI is InChI=1S/C21H26N4O3/c1-2-28-21(27)25-14-12-24(13-15-25)19-10-9-18(16-22-19)23-20(26)11-8-17-6-4-3-5-7-17/h3-7,9-10,16H,2,8,11-15H2,1H3,(H,23,26). The summed E-state index contributed by atoms with van der Waals surface area (Å²) in [4.78, 5) is 32.2. The van der Waals surface area contributed by atoms with Crippen molar-refractivity contribution in [1.82, 2.24) is 9.88 Å². The predicted molar refractivity (Wildman–Crippen MR) is 108 cm³/mol. The quantitative estimate of drug-likeness (QED) is 0.831. The molecule has 1 aromatic heterocycles. The van der Waals surface area contributed by atoms with Gasteiger partial charge in [0.2, 0.25) is 5.91 Å². The lowest BCUT2D eigenvalue weighted by Gasteiger charge is -2.34. The second kappa shape index (κ2) is 9.73. The first kappa shape index (κ1) is 19.7. The molecule has 0 saturated carbocycles. The van der Waals surface area contributed by atoms with Crippen LogP contribution in [-0.4, -0.2) is 54.7 Å². The molecule has 28 heavy (non-hydrogen) atoms. The first-order chi connectivity index (χ1) is 13.7. The smallest absolute Gasteiger partial charge is 0.409 e. The highest BCUT2D eigenvalue weighted by Gasteiger charge is 2.22. The molecule has 1 aliphatic rings. The van der Waals surface area contributed by atoms with Crippen molar-refractivity contribution in [3.05, 3.63) is 54.2 Å². The molecule has 0 spiro atoms. The van der Waals surface area contributed by atoms with Crippen LogP contribution in [0.5, 0.6) is 0 Å². The summed E-state index contributed by atoms with van der Waals surface area (Å²) in [6.45, 7) is 4.82. The van der Waals surface area contributed by atoms with Crippen LogP contribution in [0.3, 0.4) is 0 Å². The van der Waals surface area contributed by atoms with Gasteiger partial charge in [-0.05, 0) is 31.0 Å². The summed E-state index contributed by atoms with van der Waals surface area (Å²) in [7, 11) is 0. The first-order valence-electron chi connectivity index (χ1n) is 9.62. The minimum atomic E-state index is -0.260. The normalized spacial score (nSPS) is 13.9. The fraction of sp³-hybridized carbons (Fsp3) is 0.381. The van der Waals surface area contributed by atoms with E-state index in [1.54, 1.807) is 18.0 Å². The van der Waals surface area contributed by atoms with Gasteiger partial charge in [-0.15, -0.1) is 0 Å². The number of benzene rings is 1. The Morgan fingerprint density at radius 1 is 1.07 bits per heavy atom. The number of aryl methyl sites for hydroxylation is 1. The fourth-order valence-electron chi connectivity index (χ4n) is 3.11. The fourth-order valence-corrected chi connectivity index (χ4v) is 3.11. The highest BCUT2D eigenvalue weighted by Crippen LogP contribution is 2.17.